The zero-order chi connectivity index (χ0) is 14.2. The van der Waals surface area contributed by atoms with Crippen LogP contribution in [-0.2, 0) is 4.79 Å². The summed E-state index contributed by atoms with van der Waals surface area (Å²) in [5.74, 6) is -0.753. The Hall–Kier alpha value is -0.790. The summed E-state index contributed by atoms with van der Waals surface area (Å²) in [5.41, 5.74) is 1.81. The number of carboxylic acid groups (broad SMARTS) is 1. The van der Waals surface area contributed by atoms with Crippen LogP contribution in [0, 0.1) is 5.41 Å². The van der Waals surface area contributed by atoms with Gasteiger partial charge in [-0.1, -0.05) is 52.5 Å². The lowest BCUT2D eigenvalue weighted by atomic mass is 9.72. The minimum absolute atomic E-state index is 0.0631. The molecule has 0 aromatic rings. The highest BCUT2D eigenvalue weighted by atomic mass is 16.4. The first kappa shape index (κ1) is 17.2. The number of hydrogen-bond acceptors (Lipinski definition) is 1. The number of hydrogen-bond donors (Lipinski definition) is 1. The Labute approximate surface area is 112 Å². The van der Waals surface area contributed by atoms with E-state index in [2.05, 4.69) is 27.7 Å². The lowest BCUT2D eigenvalue weighted by molar-refractivity contribution is -0.132. The van der Waals surface area contributed by atoms with Crippen LogP contribution in [0.25, 0.3) is 0 Å². The molecule has 0 aromatic heterocycles. The number of allylic oxidation sites excluding steroid dienone is 1. The van der Waals surface area contributed by atoms with E-state index in [0.717, 1.165) is 32.1 Å². The van der Waals surface area contributed by atoms with Crippen LogP contribution in [-0.4, -0.2) is 11.1 Å². The third-order valence-corrected chi connectivity index (χ3v) is 4.14. The second kappa shape index (κ2) is 8.34. The smallest absolute Gasteiger partial charge is 0.331 e. The highest BCUT2D eigenvalue weighted by Crippen LogP contribution is 2.40. The summed E-state index contributed by atoms with van der Waals surface area (Å²) in [4.78, 5) is 11.3. The molecule has 0 fully saturated rings. The fourth-order valence-electron chi connectivity index (χ4n) is 2.53. The van der Waals surface area contributed by atoms with Crippen molar-refractivity contribution in [3.63, 3.8) is 0 Å². The molecule has 0 aromatic carbocycles. The van der Waals surface area contributed by atoms with Gasteiger partial charge in [-0.05, 0) is 38.0 Å². The molecule has 0 bridgehead atoms. The van der Waals surface area contributed by atoms with Crippen LogP contribution in [0.3, 0.4) is 0 Å². The molecule has 1 atom stereocenters. The molecule has 0 spiro atoms. The second-order valence-corrected chi connectivity index (χ2v) is 5.53. The first-order valence-electron chi connectivity index (χ1n) is 7.36. The topological polar surface area (TPSA) is 37.3 Å². The van der Waals surface area contributed by atoms with E-state index in [1.165, 1.54) is 18.4 Å². The maximum Gasteiger partial charge on any atom is 0.331 e. The molecule has 0 saturated heterocycles. The van der Waals surface area contributed by atoms with E-state index in [1.807, 2.05) is 0 Å². The number of rotatable bonds is 9. The number of aliphatic carboxylic acids is 1. The monoisotopic (exact) mass is 254 g/mol. The minimum atomic E-state index is -0.753. The molecular weight excluding hydrogens is 224 g/mol. The number of carbonyl (C=O) groups is 1. The molecule has 0 saturated carbocycles. The first-order chi connectivity index (χ1) is 8.42. The molecule has 2 nitrogen and oxygen atoms in total. The molecule has 2 heteroatoms. The standard InChI is InChI=1S/C16H30O2/c1-6-9-11-14(13(4)15(17)18)16(5,8-3)12-10-7-2/h6-12H2,1-5H3,(H,17,18). The Balaban J connectivity index is 5.24. The van der Waals surface area contributed by atoms with E-state index < -0.39 is 5.97 Å². The van der Waals surface area contributed by atoms with Gasteiger partial charge < -0.3 is 5.11 Å². The van der Waals surface area contributed by atoms with E-state index >= 15 is 0 Å². The molecule has 1 unspecified atom stereocenters. The van der Waals surface area contributed by atoms with Crippen molar-refractivity contribution in [2.24, 2.45) is 5.41 Å². The zero-order valence-corrected chi connectivity index (χ0v) is 12.8. The summed E-state index contributed by atoms with van der Waals surface area (Å²) < 4.78 is 0. The van der Waals surface area contributed by atoms with Gasteiger partial charge in [0.05, 0.1) is 0 Å². The van der Waals surface area contributed by atoms with Crippen molar-refractivity contribution in [1.29, 1.82) is 0 Å². The average Bonchev–Trinajstić information content (AvgIpc) is 2.36. The highest BCUT2D eigenvalue weighted by molar-refractivity contribution is 5.87. The summed E-state index contributed by atoms with van der Waals surface area (Å²) in [6.07, 6.45) is 7.60. The van der Waals surface area contributed by atoms with Gasteiger partial charge in [0.2, 0.25) is 0 Å². The first-order valence-corrected chi connectivity index (χ1v) is 7.36. The fourth-order valence-corrected chi connectivity index (χ4v) is 2.53. The van der Waals surface area contributed by atoms with Crippen LogP contribution in [0.15, 0.2) is 11.1 Å². The Morgan fingerprint density at radius 3 is 2.06 bits per heavy atom. The average molecular weight is 254 g/mol. The summed E-state index contributed by atoms with van der Waals surface area (Å²) in [6, 6.07) is 0. The normalized spacial score (nSPS) is 16.1. The van der Waals surface area contributed by atoms with Crippen LogP contribution in [0.5, 0.6) is 0 Å². The van der Waals surface area contributed by atoms with Gasteiger partial charge in [-0.15, -0.1) is 0 Å². The van der Waals surface area contributed by atoms with Crippen molar-refractivity contribution in [3.05, 3.63) is 11.1 Å². The third-order valence-electron chi connectivity index (χ3n) is 4.14. The van der Waals surface area contributed by atoms with E-state index in [1.54, 1.807) is 6.92 Å². The molecule has 0 aliphatic rings. The van der Waals surface area contributed by atoms with E-state index in [4.69, 9.17) is 0 Å². The van der Waals surface area contributed by atoms with Crippen molar-refractivity contribution in [3.8, 4) is 0 Å². The van der Waals surface area contributed by atoms with Gasteiger partial charge in [0.1, 0.15) is 0 Å². The SMILES string of the molecule is CCCCC(=C(C)C(=O)O)C(C)(CC)CCCC. The lowest BCUT2D eigenvalue weighted by Crippen LogP contribution is -2.22. The Morgan fingerprint density at radius 1 is 1.11 bits per heavy atom. The van der Waals surface area contributed by atoms with Crippen molar-refractivity contribution in [1.82, 2.24) is 0 Å². The maximum atomic E-state index is 11.3. The molecule has 106 valence electrons. The van der Waals surface area contributed by atoms with Crippen molar-refractivity contribution >= 4 is 5.97 Å². The van der Waals surface area contributed by atoms with Crippen LogP contribution >= 0.6 is 0 Å². The molecule has 0 aliphatic carbocycles. The van der Waals surface area contributed by atoms with Gasteiger partial charge in [0, 0.05) is 5.57 Å². The summed E-state index contributed by atoms with van der Waals surface area (Å²) >= 11 is 0. The quantitative estimate of drug-likeness (QED) is 0.575. The molecule has 0 amide bonds. The van der Waals surface area contributed by atoms with Gasteiger partial charge in [0.15, 0.2) is 0 Å². The minimum Gasteiger partial charge on any atom is -0.478 e. The van der Waals surface area contributed by atoms with Crippen LogP contribution in [0.4, 0.5) is 0 Å². The predicted octanol–water partition coefficient (Wildman–Crippen LogP) is 5.18. The second-order valence-electron chi connectivity index (χ2n) is 5.53. The molecule has 18 heavy (non-hydrogen) atoms. The van der Waals surface area contributed by atoms with Gasteiger partial charge in [0.25, 0.3) is 0 Å². The van der Waals surface area contributed by atoms with Crippen LogP contribution in [0.1, 0.15) is 79.6 Å². The molecule has 0 aliphatic heterocycles. The van der Waals surface area contributed by atoms with Crippen molar-refractivity contribution < 1.29 is 9.90 Å². The molecule has 0 radical (unpaired) electrons. The largest absolute Gasteiger partial charge is 0.478 e. The lowest BCUT2D eigenvalue weighted by Gasteiger charge is -2.33. The molecule has 0 heterocycles. The van der Waals surface area contributed by atoms with Crippen LogP contribution < -0.4 is 0 Å². The molecule has 1 N–H and O–H groups in total. The van der Waals surface area contributed by atoms with E-state index in [-0.39, 0.29) is 5.41 Å². The van der Waals surface area contributed by atoms with Gasteiger partial charge >= 0.3 is 5.97 Å². The Morgan fingerprint density at radius 2 is 1.67 bits per heavy atom. The number of unbranched alkanes of at least 4 members (excludes halogenated alkanes) is 2. The molecular formula is C16H30O2. The summed E-state index contributed by atoms with van der Waals surface area (Å²) in [6.45, 7) is 10.5. The van der Waals surface area contributed by atoms with E-state index in [9.17, 15) is 9.90 Å². The number of carboxylic acids is 1. The van der Waals surface area contributed by atoms with E-state index in [0.29, 0.717) is 5.57 Å². The maximum absolute atomic E-state index is 11.3. The van der Waals surface area contributed by atoms with Gasteiger partial charge in [-0.25, -0.2) is 4.79 Å². The Kier molecular flexibility index (Phi) is 7.97. The fraction of sp³-hybridized carbons (Fsp3) is 0.812. The third kappa shape index (κ3) is 4.83. The van der Waals surface area contributed by atoms with Crippen LogP contribution in [0.2, 0.25) is 0 Å². The summed E-state index contributed by atoms with van der Waals surface area (Å²) in [7, 11) is 0. The Bertz CT molecular complexity index is 291. The zero-order valence-electron chi connectivity index (χ0n) is 12.8. The van der Waals surface area contributed by atoms with Crippen molar-refractivity contribution in [2.45, 2.75) is 79.6 Å². The predicted molar refractivity (Wildman–Crippen MR) is 77.8 cm³/mol. The highest BCUT2D eigenvalue weighted by Gasteiger charge is 2.29. The molecule has 0 rings (SSSR count). The summed E-state index contributed by atoms with van der Waals surface area (Å²) in [5, 5.41) is 9.28. The van der Waals surface area contributed by atoms with Gasteiger partial charge in [-0.2, -0.15) is 0 Å². The van der Waals surface area contributed by atoms with Gasteiger partial charge in [-0.3, -0.25) is 0 Å². The van der Waals surface area contributed by atoms with Crippen molar-refractivity contribution in [2.75, 3.05) is 0 Å².